The number of rotatable bonds is 3. The van der Waals surface area contributed by atoms with Crippen molar-refractivity contribution in [2.75, 3.05) is 6.54 Å². The number of hydrogen-bond donors (Lipinski definition) is 5. The quantitative estimate of drug-likeness (QED) is 0.458. The summed E-state index contributed by atoms with van der Waals surface area (Å²) in [5, 5.41) is 0. The Morgan fingerprint density at radius 3 is 2.67 bits per heavy atom. The summed E-state index contributed by atoms with van der Waals surface area (Å²) in [7, 11) is 0. The number of hydrogen-bond acceptors (Lipinski definition) is 5. The van der Waals surface area contributed by atoms with E-state index < -0.39 is 0 Å². The second-order valence-electron chi connectivity index (χ2n) is 3.41. The van der Waals surface area contributed by atoms with Crippen LogP contribution in [-0.4, -0.2) is 12.7 Å². The fourth-order valence-electron chi connectivity index (χ4n) is 1.67. The molecule has 0 bridgehead atoms. The van der Waals surface area contributed by atoms with Gasteiger partial charge in [0.25, 0.3) is 0 Å². The third-order valence-electron chi connectivity index (χ3n) is 2.45. The third-order valence-corrected chi connectivity index (χ3v) is 2.45. The molecule has 82 valence electrons. The Hall–Kier alpha value is -1.05. The fourth-order valence-corrected chi connectivity index (χ4v) is 1.67. The average Bonchev–Trinajstić information content (AvgIpc) is 2.72. The summed E-state index contributed by atoms with van der Waals surface area (Å²) in [5.74, 6) is -0.243. The summed E-state index contributed by atoms with van der Waals surface area (Å²) in [6.07, 6.45) is -0.0585. The van der Waals surface area contributed by atoms with Crippen molar-refractivity contribution in [2.45, 2.75) is 12.1 Å². The molecule has 5 nitrogen and oxygen atoms in total. The lowest BCUT2D eigenvalue weighted by atomic mass is 9.96. The maximum absolute atomic E-state index is 13.0. The molecule has 0 amide bonds. The van der Waals surface area contributed by atoms with Gasteiger partial charge in [0.15, 0.2) is 0 Å². The molecular formula is C9H14FN5. The van der Waals surface area contributed by atoms with Crippen molar-refractivity contribution in [3.8, 4) is 0 Å². The van der Waals surface area contributed by atoms with E-state index in [0.717, 1.165) is 5.56 Å². The van der Waals surface area contributed by atoms with Crippen molar-refractivity contribution < 1.29 is 4.39 Å². The molecule has 1 aromatic rings. The highest BCUT2D eigenvalue weighted by Gasteiger charge is 2.24. The zero-order chi connectivity index (χ0) is 10.7. The largest absolute Gasteiger partial charge is 0.330 e. The zero-order valence-corrected chi connectivity index (χ0v) is 8.13. The molecule has 1 aliphatic heterocycles. The van der Waals surface area contributed by atoms with Crippen LogP contribution in [0.1, 0.15) is 11.5 Å². The predicted molar refractivity (Wildman–Crippen MR) is 54.5 cm³/mol. The van der Waals surface area contributed by atoms with E-state index in [1.807, 2.05) is 6.07 Å². The Balaban J connectivity index is 2.18. The molecule has 6 N–H and O–H groups in total. The number of nitrogens with one attached hydrogen (secondary N) is 4. The Morgan fingerprint density at radius 1 is 1.33 bits per heavy atom. The Kier molecular flexibility index (Phi) is 3.24. The van der Waals surface area contributed by atoms with Crippen molar-refractivity contribution in [1.82, 2.24) is 21.9 Å². The average molecular weight is 211 g/mol. The van der Waals surface area contributed by atoms with Gasteiger partial charge in [-0.15, -0.1) is 0 Å². The maximum Gasteiger partial charge on any atom is 0.123 e. The fraction of sp³-hybridized carbons (Fsp3) is 0.333. The smallest absolute Gasteiger partial charge is 0.123 e. The Morgan fingerprint density at radius 2 is 2.07 bits per heavy atom. The summed E-state index contributed by atoms with van der Waals surface area (Å²) in [5.41, 5.74) is 17.9. The molecule has 1 saturated heterocycles. The van der Waals surface area contributed by atoms with Crippen LogP contribution in [0.15, 0.2) is 24.3 Å². The number of benzene rings is 1. The van der Waals surface area contributed by atoms with E-state index >= 15 is 0 Å². The monoisotopic (exact) mass is 211 g/mol. The molecule has 1 unspecified atom stereocenters. The van der Waals surface area contributed by atoms with Crippen LogP contribution < -0.4 is 27.7 Å². The second-order valence-corrected chi connectivity index (χ2v) is 3.41. The van der Waals surface area contributed by atoms with Gasteiger partial charge in [-0.25, -0.2) is 15.2 Å². The van der Waals surface area contributed by atoms with E-state index in [4.69, 9.17) is 5.73 Å². The highest BCUT2D eigenvalue weighted by atomic mass is 19.1. The van der Waals surface area contributed by atoms with Gasteiger partial charge in [-0.2, -0.15) is 11.1 Å². The minimum atomic E-state index is -0.245. The first-order valence-corrected chi connectivity index (χ1v) is 4.78. The first-order chi connectivity index (χ1) is 7.31. The van der Waals surface area contributed by atoms with Crippen LogP contribution in [0.3, 0.4) is 0 Å². The van der Waals surface area contributed by atoms with Gasteiger partial charge in [-0.05, 0) is 17.7 Å². The molecule has 2 rings (SSSR count). The molecule has 1 aliphatic rings. The summed E-state index contributed by atoms with van der Waals surface area (Å²) in [6.45, 7) is 0.428. The van der Waals surface area contributed by atoms with Crippen molar-refractivity contribution >= 4 is 0 Å². The molecule has 15 heavy (non-hydrogen) atoms. The van der Waals surface area contributed by atoms with Gasteiger partial charge in [-0.1, -0.05) is 12.1 Å². The summed E-state index contributed by atoms with van der Waals surface area (Å²) in [6, 6.07) is 6.47. The SMILES string of the molecule is NCC(c1cccc(F)c1)C1NNNN1. The Labute approximate surface area is 87.1 Å². The third kappa shape index (κ3) is 2.31. The standard InChI is InChI=1S/C9H14FN5/c10-7-3-1-2-6(4-7)8(5-11)9-12-14-15-13-9/h1-4,8-9,12-15H,5,11H2. The topological polar surface area (TPSA) is 74.1 Å². The molecule has 0 radical (unpaired) electrons. The molecule has 0 aliphatic carbocycles. The second kappa shape index (κ2) is 4.65. The highest BCUT2D eigenvalue weighted by molar-refractivity contribution is 5.22. The molecule has 1 heterocycles. The Bertz CT molecular complexity index is 326. The van der Waals surface area contributed by atoms with Crippen LogP contribution in [0, 0.1) is 5.82 Å². The lowest BCUT2D eigenvalue weighted by Crippen LogP contribution is -2.42. The van der Waals surface area contributed by atoms with Crippen LogP contribution in [0.25, 0.3) is 0 Å². The van der Waals surface area contributed by atoms with Gasteiger partial charge in [0.2, 0.25) is 0 Å². The molecule has 0 spiro atoms. The molecule has 1 fully saturated rings. The van der Waals surface area contributed by atoms with E-state index in [0.29, 0.717) is 6.54 Å². The van der Waals surface area contributed by atoms with Crippen LogP contribution in [0.4, 0.5) is 4.39 Å². The van der Waals surface area contributed by atoms with E-state index in [9.17, 15) is 4.39 Å². The molecular weight excluding hydrogens is 197 g/mol. The maximum atomic E-state index is 13.0. The van der Waals surface area contributed by atoms with Gasteiger partial charge in [0.05, 0.1) is 6.17 Å². The summed E-state index contributed by atoms with van der Waals surface area (Å²) >= 11 is 0. The lowest BCUT2D eigenvalue weighted by Gasteiger charge is -2.21. The van der Waals surface area contributed by atoms with Crippen LogP contribution in [0.2, 0.25) is 0 Å². The first-order valence-electron chi connectivity index (χ1n) is 4.78. The van der Waals surface area contributed by atoms with E-state index in [-0.39, 0.29) is 17.9 Å². The van der Waals surface area contributed by atoms with E-state index in [1.54, 1.807) is 6.07 Å². The number of halogens is 1. The summed E-state index contributed by atoms with van der Waals surface area (Å²) < 4.78 is 13.0. The van der Waals surface area contributed by atoms with Crippen molar-refractivity contribution in [1.29, 1.82) is 0 Å². The van der Waals surface area contributed by atoms with Crippen LogP contribution >= 0.6 is 0 Å². The molecule has 0 aromatic heterocycles. The minimum absolute atomic E-state index is 0.00296. The summed E-state index contributed by atoms with van der Waals surface area (Å²) in [4.78, 5) is 0. The predicted octanol–water partition coefficient (Wildman–Crippen LogP) is -0.689. The lowest BCUT2D eigenvalue weighted by molar-refractivity contribution is 0.435. The van der Waals surface area contributed by atoms with Gasteiger partial charge < -0.3 is 5.73 Å². The molecule has 0 saturated carbocycles. The molecule has 1 aromatic carbocycles. The number of nitrogens with two attached hydrogens (primary N) is 1. The van der Waals surface area contributed by atoms with E-state index in [1.165, 1.54) is 12.1 Å². The van der Waals surface area contributed by atoms with Crippen LogP contribution in [-0.2, 0) is 0 Å². The molecule has 1 atom stereocenters. The van der Waals surface area contributed by atoms with Crippen molar-refractivity contribution in [3.05, 3.63) is 35.6 Å². The van der Waals surface area contributed by atoms with Crippen molar-refractivity contribution in [3.63, 3.8) is 0 Å². The first kappa shape index (κ1) is 10.5. The zero-order valence-electron chi connectivity index (χ0n) is 8.13. The highest BCUT2D eigenvalue weighted by Crippen LogP contribution is 2.18. The number of hydrazine groups is 3. The van der Waals surface area contributed by atoms with Crippen molar-refractivity contribution in [2.24, 2.45) is 5.73 Å². The molecule has 6 heteroatoms. The minimum Gasteiger partial charge on any atom is -0.330 e. The normalized spacial score (nSPS) is 19.3. The van der Waals surface area contributed by atoms with Gasteiger partial charge in [0.1, 0.15) is 5.82 Å². The van der Waals surface area contributed by atoms with Gasteiger partial charge >= 0.3 is 0 Å². The van der Waals surface area contributed by atoms with Gasteiger partial charge in [-0.3, -0.25) is 0 Å². The van der Waals surface area contributed by atoms with Crippen LogP contribution in [0.5, 0.6) is 0 Å². The van der Waals surface area contributed by atoms with Gasteiger partial charge in [0, 0.05) is 12.5 Å². The van der Waals surface area contributed by atoms with E-state index in [2.05, 4.69) is 21.9 Å².